The van der Waals surface area contributed by atoms with Crippen molar-refractivity contribution in [1.29, 1.82) is 0 Å². The molecule has 3 rings (SSSR count). The average molecular weight is 270 g/mol. The molecule has 1 saturated heterocycles. The van der Waals surface area contributed by atoms with Gasteiger partial charge in [0.25, 0.3) is 5.91 Å². The second-order valence-electron chi connectivity index (χ2n) is 5.00. The van der Waals surface area contributed by atoms with E-state index in [4.69, 9.17) is 5.73 Å². The van der Waals surface area contributed by atoms with E-state index in [1.807, 2.05) is 35.2 Å². The summed E-state index contributed by atoms with van der Waals surface area (Å²) >= 11 is 0. The Morgan fingerprint density at radius 3 is 3.20 bits per heavy atom. The molecule has 1 unspecified atom stereocenters. The Morgan fingerprint density at radius 1 is 1.45 bits per heavy atom. The number of aromatic nitrogens is 1. The lowest BCUT2D eigenvalue weighted by atomic mass is 10.1. The monoisotopic (exact) mass is 270 g/mol. The van der Waals surface area contributed by atoms with Crippen LogP contribution in [0.3, 0.4) is 0 Å². The minimum atomic E-state index is 0.0488. The van der Waals surface area contributed by atoms with Gasteiger partial charge in [-0.05, 0) is 24.3 Å². The second-order valence-corrected chi connectivity index (χ2v) is 5.00. The summed E-state index contributed by atoms with van der Waals surface area (Å²) in [4.78, 5) is 18.8. The maximum Gasteiger partial charge on any atom is 0.254 e. The average Bonchev–Trinajstić information content (AvgIpc) is 2.53. The van der Waals surface area contributed by atoms with Crippen molar-refractivity contribution in [3.63, 3.8) is 0 Å². The fraction of sp³-hybridized carbons (Fsp3) is 0.333. The summed E-state index contributed by atoms with van der Waals surface area (Å²) < 4.78 is 0. The molecule has 104 valence electrons. The van der Waals surface area contributed by atoms with E-state index in [9.17, 15) is 4.79 Å². The third-order valence-corrected chi connectivity index (χ3v) is 3.73. The lowest BCUT2D eigenvalue weighted by Gasteiger charge is -2.35. The molecule has 0 spiro atoms. The third-order valence-electron chi connectivity index (χ3n) is 3.73. The highest BCUT2D eigenvalue weighted by Gasteiger charge is 2.26. The van der Waals surface area contributed by atoms with Crippen molar-refractivity contribution in [3.8, 4) is 0 Å². The molecule has 1 amide bonds. The van der Waals surface area contributed by atoms with Crippen LogP contribution in [0.15, 0.2) is 36.5 Å². The molecule has 3 N–H and O–H groups in total. The van der Waals surface area contributed by atoms with E-state index in [2.05, 4.69) is 10.3 Å². The molecule has 1 aromatic carbocycles. The van der Waals surface area contributed by atoms with Crippen LogP contribution < -0.4 is 11.1 Å². The van der Waals surface area contributed by atoms with E-state index in [0.29, 0.717) is 18.7 Å². The van der Waals surface area contributed by atoms with Gasteiger partial charge in [-0.15, -0.1) is 0 Å². The zero-order chi connectivity index (χ0) is 13.9. The second kappa shape index (κ2) is 5.56. The number of pyridine rings is 1. The summed E-state index contributed by atoms with van der Waals surface area (Å²) in [7, 11) is 0. The van der Waals surface area contributed by atoms with Gasteiger partial charge in [-0.3, -0.25) is 9.78 Å². The number of amides is 1. The highest BCUT2D eigenvalue weighted by Crippen LogP contribution is 2.16. The normalized spacial score (nSPS) is 19.2. The number of piperazine rings is 1. The van der Waals surface area contributed by atoms with Crippen molar-refractivity contribution < 1.29 is 4.79 Å². The Hall–Kier alpha value is -1.98. The fourth-order valence-corrected chi connectivity index (χ4v) is 2.61. The van der Waals surface area contributed by atoms with Gasteiger partial charge in [0.2, 0.25) is 0 Å². The van der Waals surface area contributed by atoms with Crippen molar-refractivity contribution in [1.82, 2.24) is 15.2 Å². The minimum absolute atomic E-state index is 0.0488. The third kappa shape index (κ3) is 2.37. The number of carbonyl (C=O) groups is 1. The van der Waals surface area contributed by atoms with Gasteiger partial charge >= 0.3 is 0 Å². The first-order chi connectivity index (χ1) is 9.79. The predicted octanol–water partition coefficient (Wildman–Crippen LogP) is 0.608. The molecular weight excluding hydrogens is 252 g/mol. The molecule has 1 aliphatic rings. The van der Waals surface area contributed by atoms with Crippen LogP contribution >= 0.6 is 0 Å². The maximum absolute atomic E-state index is 12.6. The Kier molecular flexibility index (Phi) is 3.62. The molecule has 5 nitrogen and oxygen atoms in total. The topological polar surface area (TPSA) is 71.2 Å². The van der Waals surface area contributed by atoms with Crippen molar-refractivity contribution in [2.75, 3.05) is 26.2 Å². The van der Waals surface area contributed by atoms with Crippen LogP contribution in [0.1, 0.15) is 10.4 Å². The van der Waals surface area contributed by atoms with Gasteiger partial charge in [0, 0.05) is 43.3 Å². The van der Waals surface area contributed by atoms with Crippen LogP contribution in [0.2, 0.25) is 0 Å². The fourth-order valence-electron chi connectivity index (χ4n) is 2.61. The van der Waals surface area contributed by atoms with Gasteiger partial charge in [0.15, 0.2) is 0 Å². The molecule has 20 heavy (non-hydrogen) atoms. The minimum Gasteiger partial charge on any atom is -0.332 e. The molecule has 1 aromatic heterocycles. The number of nitrogens with two attached hydrogens (primary N) is 1. The van der Waals surface area contributed by atoms with Gasteiger partial charge in [-0.1, -0.05) is 6.07 Å². The Morgan fingerprint density at radius 2 is 2.35 bits per heavy atom. The van der Waals surface area contributed by atoms with E-state index in [1.165, 1.54) is 0 Å². The molecule has 5 heteroatoms. The van der Waals surface area contributed by atoms with Crippen molar-refractivity contribution in [3.05, 3.63) is 42.1 Å². The van der Waals surface area contributed by atoms with E-state index in [1.54, 1.807) is 6.20 Å². The van der Waals surface area contributed by atoms with E-state index in [-0.39, 0.29) is 11.9 Å². The summed E-state index contributed by atoms with van der Waals surface area (Å²) in [5, 5.41) is 4.25. The van der Waals surface area contributed by atoms with Crippen LogP contribution in [-0.4, -0.2) is 48.0 Å². The summed E-state index contributed by atoms with van der Waals surface area (Å²) in [6.45, 7) is 2.76. The smallest absolute Gasteiger partial charge is 0.254 e. The number of fused-ring (bicyclic) bond motifs is 1. The number of benzene rings is 1. The van der Waals surface area contributed by atoms with Crippen LogP contribution in [-0.2, 0) is 0 Å². The first-order valence-electron chi connectivity index (χ1n) is 6.86. The zero-order valence-corrected chi connectivity index (χ0v) is 11.2. The summed E-state index contributed by atoms with van der Waals surface area (Å²) in [6, 6.07) is 9.55. The molecule has 2 aromatic rings. The number of nitrogens with zero attached hydrogens (tertiary/aromatic N) is 2. The van der Waals surface area contributed by atoms with Crippen molar-refractivity contribution >= 4 is 16.8 Å². The molecule has 0 saturated carbocycles. The number of hydrogen-bond donors (Lipinski definition) is 2. The van der Waals surface area contributed by atoms with Crippen LogP contribution in [0, 0.1) is 0 Å². The summed E-state index contributed by atoms with van der Waals surface area (Å²) in [5.41, 5.74) is 7.36. The molecule has 0 bridgehead atoms. The number of nitrogens with one attached hydrogen (secondary N) is 1. The van der Waals surface area contributed by atoms with Gasteiger partial charge < -0.3 is 16.0 Å². The van der Waals surface area contributed by atoms with Gasteiger partial charge in [0.1, 0.15) is 0 Å². The Labute approximate surface area is 117 Å². The van der Waals surface area contributed by atoms with E-state index < -0.39 is 0 Å². The SMILES string of the molecule is NCC1CNCCN1C(=O)c1ccc2ncccc2c1. The highest BCUT2D eigenvalue weighted by molar-refractivity contribution is 5.98. The molecule has 1 aliphatic heterocycles. The first-order valence-corrected chi connectivity index (χ1v) is 6.86. The number of rotatable bonds is 2. The van der Waals surface area contributed by atoms with Crippen molar-refractivity contribution in [2.45, 2.75) is 6.04 Å². The van der Waals surface area contributed by atoms with E-state index in [0.717, 1.165) is 24.0 Å². The molecule has 0 radical (unpaired) electrons. The lowest BCUT2D eigenvalue weighted by molar-refractivity contribution is 0.0645. The van der Waals surface area contributed by atoms with Crippen LogP contribution in [0.25, 0.3) is 10.9 Å². The van der Waals surface area contributed by atoms with Gasteiger partial charge in [-0.25, -0.2) is 0 Å². The number of carbonyl (C=O) groups excluding carboxylic acids is 1. The maximum atomic E-state index is 12.6. The van der Waals surface area contributed by atoms with Gasteiger partial charge in [-0.2, -0.15) is 0 Å². The molecule has 1 atom stereocenters. The summed E-state index contributed by atoms with van der Waals surface area (Å²) in [6.07, 6.45) is 1.75. The number of hydrogen-bond acceptors (Lipinski definition) is 4. The Bertz CT molecular complexity index is 628. The van der Waals surface area contributed by atoms with Gasteiger partial charge in [0.05, 0.1) is 11.6 Å². The van der Waals surface area contributed by atoms with Crippen LogP contribution in [0.4, 0.5) is 0 Å². The lowest BCUT2D eigenvalue weighted by Crippen LogP contribution is -2.56. The quantitative estimate of drug-likeness (QED) is 0.838. The largest absolute Gasteiger partial charge is 0.332 e. The molecule has 2 heterocycles. The van der Waals surface area contributed by atoms with Crippen LogP contribution in [0.5, 0.6) is 0 Å². The zero-order valence-electron chi connectivity index (χ0n) is 11.2. The molecular formula is C15H18N4O. The standard InChI is InChI=1S/C15H18N4O/c16-9-13-10-17-6-7-19(13)15(20)12-3-4-14-11(8-12)2-1-5-18-14/h1-5,8,13,17H,6-7,9-10,16H2. The predicted molar refractivity (Wildman–Crippen MR) is 78.5 cm³/mol. The summed E-state index contributed by atoms with van der Waals surface area (Å²) in [5.74, 6) is 0.0488. The highest BCUT2D eigenvalue weighted by atomic mass is 16.2. The van der Waals surface area contributed by atoms with E-state index >= 15 is 0 Å². The Balaban J connectivity index is 1.91. The first kappa shape index (κ1) is 13.0. The molecule has 1 fully saturated rings. The van der Waals surface area contributed by atoms with Crippen molar-refractivity contribution in [2.24, 2.45) is 5.73 Å². The molecule has 0 aliphatic carbocycles.